The predicted octanol–water partition coefficient (Wildman–Crippen LogP) is 2.64. The van der Waals surface area contributed by atoms with Crippen LogP contribution in [0.25, 0.3) is 0 Å². The van der Waals surface area contributed by atoms with Gasteiger partial charge in [0.05, 0.1) is 0 Å². The van der Waals surface area contributed by atoms with Gasteiger partial charge in [-0.3, -0.25) is 0 Å². The molecule has 0 aromatic heterocycles. The second kappa shape index (κ2) is 4.50. The molecule has 0 aromatic carbocycles. The minimum Gasteiger partial charge on any atom is -0.340 e. The van der Waals surface area contributed by atoms with Gasteiger partial charge in [0, 0.05) is 21.1 Å². The summed E-state index contributed by atoms with van der Waals surface area (Å²) in [6.07, 6.45) is 5.58. The van der Waals surface area contributed by atoms with Gasteiger partial charge in [0.1, 0.15) is 0 Å². The largest absolute Gasteiger partial charge is 0.340 e. The van der Waals surface area contributed by atoms with E-state index in [4.69, 9.17) is 0 Å². The molecule has 0 bridgehead atoms. The molecule has 0 N–H and O–H groups in total. The van der Waals surface area contributed by atoms with Crippen LogP contribution in [0.5, 0.6) is 0 Å². The van der Waals surface area contributed by atoms with E-state index >= 15 is 0 Å². The molecule has 0 spiro atoms. The van der Waals surface area contributed by atoms with Crippen molar-refractivity contribution in [3.63, 3.8) is 0 Å². The Morgan fingerprint density at radius 2 is 2.00 bits per heavy atom. The van der Waals surface area contributed by atoms with Crippen LogP contribution >= 0.6 is 0 Å². The fraction of sp³-hybridized carbons (Fsp3) is 0.875. The molecule has 1 heteroatoms. The molecule has 0 saturated heterocycles. The Bertz CT molecular complexity index is 63.0. The zero-order valence-electron chi connectivity index (χ0n) is 6.10. The molecule has 1 saturated carbocycles. The molecule has 2 unspecified atom stereocenters. The number of hydrogen-bond donors (Lipinski definition) is 0. The molecule has 0 nitrogen and oxygen atoms in total. The van der Waals surface area contributed by atoms with Crippen LogP contribution < -0.4 is 0 Å². The van der Waals surface area contributed by atoms with Crippen molar-refractivity contribution in [3.05, 3.63) is 6.92 Å². The van der Waals surface area contributed by atoms with Gasteiger partial charge < -0.3 is 6.92 Å². The van der Waals surface area contributed by atoms with Crippen molar-refractivity contribution in [1.82, 2.24) is 0 Å². The van der Waals surface area contributed by atoms with Gasteiger partial charge in [-0.2, -0.15) is 5.92 Å². The second-order valence-electron chi connectivity index (χ2n) is 3.14. The van der Waals surface area contributed by atoms with Gasteiger partial charge in [-0.1, -0.05) is 32.6 Å². The summed E-state index contributed by atoms with van der Waals surface area (Å²) in [5.74, 6) is 1.71. The van der Waals surface area contributed by atoms with Crippen LogP contribution in [0.15, 0.2) is 0 Å². The van der Waals surface area contributed by atoms with Crippen molar-refractivity contribution in [3.8, 4) is 0 Å². The van der Waals surface area contributed by atoms with Gasteiger partial charge in [0.2, 0.25) is 0 Å². The molecule has 0 aliphatic heterocycles. The zero-order chi connectivity index (χ0) is 5.98. The molecule has 0 radical (unpaired) electrons. The first-order chi connectivity index (χ1) is 3.79. The molecule has 1 aliphatic carbocycles. The minimum atomic E-state index is 0. The van der Waals surface area contributed by atoms with Crippen molar-refractivity contribution in [2.24, 2.45) is 11.8 Å². The van der Waals surface area contributed by atoms with Crippen LogP contribution in [0.1, 0.15) is 32.6 Å². The van der Waals surface area contributed by atoms with Gasteiger partial charge in [-0.25, -0.2) is 0 Å². The Hall–Kier alpha value is 0.688. The van der Waals surface area contributed by atoms with Crippen molar-refractivity contribution < 1.29 is 21.1 Å². The van der Waals surface area contributed by atoms with E-state index in [0.717, 1.165) is 11.8 Å². The maximum absolute atomic E-state index is 4.05. The minimum absolute atomic E-state index is 0. The first kappa shape index (κ1) is 9.69. The summed E-state index contributed by atoms with van der Waals surface area (Å²) < 4.78 is 0. The van der Waals surface area contributed by atoms with Crippen LogP contribution in [0.2, 0.25) is 0 Å². The van der Waals surface area contributed by atoms with Gasteiger partial charge in [-0.05, 0) is 5.92 Å². The smallest absolute Gasteiger partial charge is 0 e. The van der Waals surface area contributed by atoms with E-state index in [1.165, 1.54) is 25.7 Å². The van der Waals surface area contributed by atoms with Crippen molar-refractivity contribution >= 4 is 0 Å². The number of rotatable bonds is 0. The van der Waals surface area contributed by atoms with E-state index in [0.29, 0.717) is 0 Å². The standard InChI is InChI=1S/C8H15.W/c1-7-4-3-5-8(2)6-7;/h7-8H,1,3-6H2,2H3;/q-1;. The predicted molar refractivity (Wildman–Crippen MR) is 36.5 cm³/mol. The first-order valence-corrected chi connectivity index (χ1v) is 3.62. The fourth-order valence-corrected chi connectivity index (χ4v) is 1.56. The Kier molecular flexibility index (Phi) is 4.84. The normalized spacial score (nSPS) is 35.3. The summed E-state index contributed by atoms with van der Waals surface area (Å²) >= 11 is 0. The molecular formula is C8H15W-. The number of hydrogen-bond acceptors (Lipinski definition) is 0. The molecule has 1 aliphatic rings. The maximum atomic E-state index is 4.05. The van der Waals surface area contributed by atoms with E-state index in [9.17, 15) is 0 Å². The fourth-order valence-electron chi connectivity index (χ4n) is 1.56. The Balaban J connectivity index is 0.000000640. The van der Waals surface area contributed by atoms with Crippen LogP contribution in [0.3, 0.4) is 0 Å². The van der Waals surface area contributed by atoms with Crippen molar-refractivity contribution in [1.29, 1.82) is 0 Å². The molecule has 9 heavy (non-hydrogen) atoms. The summed E-state index contributed by atoms with van der Waals surface area (Å²) in [5.41, 5.74) is 0. The van der Waals surface area contributed by atoms with E-state index in [1.807, 2.05) is 0 Å². The monoisotopic (exact) mass is 295 g/mol. The molecular weight excluding hydrogens is 280 g/mol. The molecule has 0 amide bonds. The van der Waals surface area contributed by atoms with Crippen LogP contribution in [-0.2, 0) is 21.1 Å². The Labute approximate surface area is 72.7 Å². The molecule has 2 atom stereocenters. The average molecular weight is 295 g/mol. The molecule has 1 fully saturated rings. The van der Waals surface area contributed by atoms with E-state index in [1.54, 1.807) is 0 Å². The third kappa shape index (κ3) is 3.40. The first-order valence-electron chi connectivity index (χ1n) is 3.62. The van der Waals surface area contributed by atoms with Crippen molar-refractivity contribution in [2.75, 3.05) is 0 Å². The SMILES string of the molecule is [CH2-]C1CCCC(C)C1.[W]. The topological polar surface area (TPSA) is 0 Å². The van der Waals surface area contributed by atoms with Crippen LogP contribution in [0, 0.1) is 18.8 Å². The van der Waals surface area contributed by atoms with Gasteiger partial charge in [-0.15, -0.1) is 0 Å². The van der Waals surface area contributed by atoms with Gasteiger partial charge in [0.15, 0.2) is 0 Å². The summed E-state index contributed by atoms with van der Waals surface area (Å²) in [4.78, 5) is 0. The Morgan fingerprint density at radius 3 is 2.33 bits per heavy atom. The molecule has 0 heterocycles. The maximum Gasteiger partial charge on any atom is 0 e. The summed E-state index contributed by atoms with van der Waals surface area (Å²) in [7, 11) is 0. The van der Waals surface area contributed by atoms with Crippen LogP contribution in [0.4, 0.5) is 0 Å². The van der Waals surface area contributed by atoms with Crippen molar-refractivity contribution in [2.45, 2.75) is 32.6 Å². The zero-order valence-corrected chi connectivity index (χ0v) is 9.03. The third-order valence-electron chi connectivity index (χ3n) is 2.04. The third-order valence-corrected chi connectivity index (χ3v) is 2.04. The van der Waals surface area contributed by atoms with E-state index in [2.05, 4.69) is 13.8 Å². The summed E-state index contributed by atoms with van der Waals surface area (Å²) in [6.45, 7) is 6.38. The summed E-state index contributed by atoms with van der Waals surface area (Å²) in [5, 5.41) is 0. The Morgan fingerprint density at radius 1 is 1.33 bits per heavy atom. The quantitative estimate of drug-likeness (QED) is 0.603. The van der Waals surface area contributed by atoms with E-state index < -0.39 is 0 Å². The van der Waals surface area contributed by atoms with Crippen LogP contribution in [-0.4, -0.2) is 0 Å². The summed E-state index contributed by atoms with van der Waals surface area (Å²) in [6, 6.07) is 0. The van der Waals surface area contributed by atoms with Gasteiger partial charge >= 0.3 is 0 Å². The molecule has 0 aromatic rings. The second-order valence-corrected chi connectivity index (χ2v) is 3.14. The van der Waals surface area contributed by atoms with Gasteiger partial charge in [0.25, 0.3) is 0 Å². The molecule has 1 rings (SSSR count). The molecule has 54 valence electrons. The average Bonchev–Trinajstić information content (AvgIpc) is 1.64. The van der Waals surface area contributed by atoms with E-state index in [-0.39, 0.29) is 21.1 Å².